The van der Waals surface area contributed by atoms with Gasteiger partial charge in [-0.15, -0.1) is 0 Å². The van der Waals surface area contributed by atoms with Gasteiger partial charge in [-0.05, 0) is 12.1 Å². The molecular formula is C10H13N3O3. The zero-order valence-electron chi connectivity index (χ0n) is 8.73. The second-order valence-corrected chi connectivity index (χ2v) is 2.87. The van der Waals surface area contributed by atoms with E-state index >= 15 is 0 Å². The number of amides is 1. The number of nitrogens with one attached hydrogen (secondary N) is 1. The fourth-order valence-corrected chi connectivity index (χ4v) is 0.814. The predicted octanol–water partition coefficient (Wildman–Crippen LogP) is 0.160. The SMILES string of the molecule is CC(=O)O.N=C(N)c1ccc(C(N)=O)cc1. The monoisotopic (exact) mass is 223 g/mol. The van der Waals surface area contributed by atoms with Crippen LogP contribution >= 0.6 is 0 Å². The molecule has 0 heterocycles. The van der Waals surface area contributed by atoms with Gasteiger partial charge in [0.15, 0.2) is 0 Å². The lowest BCUT2D eigenvalue weighted by Gasteiger charge is -1.98. The quantitative estimate of drug-likeness (QED) is 0.420. The number of amidine groups is 1. The Labute approximate surface area is 92.4 Å². The maximum absolute atomic E-state index is 10.6. The molecule has 0 saturated carbocycles. The number of hydrogen-bond acceptors (Lipinski definition) is 3. The molecule has 6 N–H and O–H groups in total. The average molecular weight is 223 g/mol. The molecule has 6 nitrogen and oxygen atoms in total. The summed E-state index contributed by atoms with van der Waals surface area (Å²) < 4.78 is 0. The molecule has 0 aliphatic carbocycles. The van der Waals surface area contributed by atoms with E-state index in [0.29, 0.717) is 11.1 Å². The van der Waals surface area contributed by atoms with Crippen LogP contribution in [-0.2, 0) is 4.79 Å². The van der Waals surface area contributed by atoms with Gasteiger partial charge in [0, 0.05) is 18.1 Å². The second-order valence-electron chi connectivity index (χ2n) is 2.87. The van der Waals surface area contributed by atoms with E-state index in [4.69, 9.17) is 26.8 Å². The number of aliphatic carboxylic acids is 1. The number of nitrogen functional groups attached to an aromatic ring is 1. The van der Waals surface area contributed by atoms with E-state index < -0.39 is 11.9 Å². The van der Waals surface area contributed by atoms with Crippen molar-refractivity contribution in [1.82, 2.24) is 0 Å². The van der Waals surface area contributed by atoms with Crippen LogP contribution in [0.15, 0.2) is 24.3 Å². The van der Waals surface area contributed by atoms with Crippen LogP contribution in [0.2, 0.25) is 0 Å². The third kappa shape index (κ3) is 5.38. The van der Waals surface area contributed by atoms with E-state index in [9.17, 15) is 4.79 Å². The number of rotatable bonds is 2. The van der Waals surface area contributed by atoms with E-state index in [1.165, 1.54) is 0 Å². The lowest BCUT2D eigenvalue weighted by atomic mass is 10.1. The number of carboxylic acids is 1. The fraction of sp³-hybridized carbons (Fsp3) is 0.100. The summed E-state index contributed by atoms with van der Waals surface area (Å²) >= 11 is 0. The van der Waals surface area contributed by atoms with Crippen molar-refractivity contribution in [2.24, 2.45) is 11.5 Å². The molecule has 0 unspecified atom stereocenters. The van der Waals surface area contributed by atoms with Gasteiger partial charge in [0.05, 0.1) is 0 Å². The molecule has 6 heteroatoms. The molecule has 0 radical (unpaired) electrons. The van der Waals surface area contributed by atoms with Crippen LogP contribution in [0.1, 0.15) is 22.8 Å². The number of primary amides is 1. The molecule has 0 saturated heterocycles. The number of carbonyl (C=O) groups is 2. The summed E-state index contributed by atoms with van der Waals surface area (Å²) in [6.07, 6.45) is 0. The molecule has 0 spiro atoms. The summed E-state index contributed by atoms with van der Waals surface area (Å²) in [7, 11) is 0. The molecule has 16 heavy (non-hydrogen) atoms. The van der Waals surface area contributed by atoms with Crippen LogP contribution in [0.4, 0.5) is 0 Å². The van der Waals surface area contributed by atoms with Crippen molar-refractivity contribution in [3.05, 3.63) is 35.4 Å². The van der Waals surface area contributed by atoms with Crippen LogP contribution in [0.25, 0.3) is 0 Å². The van der Waals surface area contributed by atoms with Crippen LogP contribution in [0.5, 0.6) is 0 Å². The van der Waals surface area contributed by atoms with Crippen LogP contribution in [0.3, 0.4) is 0 Å². The Morgan fingerprint density at radius 1 is 1.12 bits per heavy atom. The Bertz CT molecular complexity index is 361. The molecule has 1 aromatic rings. The first-order valence-electron chi connectivity index (χ1n) is 4.28. The maximum Gasteiger partial charge on any atom is 0.300 e. The number of nitrogens with two attached hydrogens (primary N) is 2. The highest BCUT2D eigenvalue weighted by Gasteiger charge is 2.00. The molecule has 0 aliphatic rings. The van der Waals surface area contributed by atoms with E-state index in [-0.39, 0.29) is 5.84 Å². The van der Waals surface area contributed by atoms with Crippen molar-refractivity contribution in [1.29, 1.82) is 5.41 Å². The third-order valence-electron chi connectivity index (χ3n) is 1.48. The minimum absolute atomic E-state index is 0.0222. The van der Waals surface area contributed by atoms with Gasteiger partial charge in [-0.3, -0.25) is 15.0 Å². The Morgan fingerprint density at radius 2 is 1.44 bits per heavy atom. The first-order chi connectivity index (χ1) is 7.34. The van der Waals surface area contributed by atoms with Gasteiger partial charge in [0.2, 0.25) is 5.91 Å². The zero-order valence-corrected chi connectivity index (χ0v) is 8.73. The summed E-state index contributed by atoms with van der Waals surface area (Å²) in [4.78, 5) is 19.6. The topological polar surface area (TPSA) is 130 Å². The minimum atomic E-state index is -0.833. The number of carbonyl (C=O) groups excluding carboxylic acids is 1. The van der Waals surface area contributed by atoms with Crippen LogP contribution in [0, 0.1) is 5.41 Å². The van der Waals surface area contributed by atoms with Gasteiger partial charge in [-0.2, -0.15) is 0 Å². The van der Waals surface area contributed by atoms with Gasteiger partial charge in [0.25, 0.3) is 5.97 Å². The molecule has 0 aromatic heterocycles. The van der Waals surface area contributed by atoms with Crippen molar-refractivity contribution < 1.29 is 14.7 Å². The summed E-state index contributed by atoms with van der Waals surface area (Å²) in [5.41, 5.74) is 11.2. The number of benzene rings is 1. The Balaban J connectivity index is 0.000000487. The molecular weight excluding hydrogens is 210 g/mol. The normalized spacial score (nSPS) is 8.56. The number of hydrogen-bond donors (Lipinski definition) is 4. The van der Waals surface area contributed by atoms with Gasteiger partial charge < -0.3 is 16.6 Å². The lowest BCUT2D eigenvalue weighted by Crippen LogP contribution is -2.13. The van der Waals surface area contributed by atoms with Gasteiger partial charge in [-0.1, -0.05) is 12.1 Å². The lowest BCUT2D eigenvalue weighted by molar-refractivity contribution is -0.134. The van der Waals surface area contributed by atoms with Crippen molar-refractivity contribution in [2.75, 3.05) is 0 Å². The standard InChI is InChI=1S/C8H9N3O.C2H4O2/c9-7(10)5-1-3-6(4-2-5)8(11)12;1-2(3)4/h1-4H,(H3,9,10)(H2,11,12);1H3,(H,3,4). The first-order valence-corrected chi connectivity index (χ1v) is 4.28. The van der Waals surface area contributed by atoms with E-state index in [0.717, 1.165) is 6.92 Å². The fourth-order valence-electron chi connectivity index (χ4n) is 0.814. The van der Waals surface area contributed by atoms with Crippen LogP contribution < -0.4 is 11.5 Å². The molecule has 1 rings (SSSR count). The van der Waals surface area contributed by atoms with Crippen molar-refractivity contribution in [2.45, 2.75) is 6.92 Å². The molecule has 0 aliphatic heterocycles. The zero-order chi connectivity index (χ0) is 12.7. The molecule has 1 aromatic carbocycles. The van der Waals surface area contributed by atoms with Crippen molar-refractivity contribution in [3.8, 4) is 0 Å². The number of carboxylic acid groups (broad SMARTS) is 1. The minimum Gasteiger partial charge on any atom is -0.481 e. The average Bonchev–Trinajstić information content (AvgIpc) is 2.17. The second kappa shape index (κ2) is 6.18. The highest BCUT2D eigenvalue weighted by atomic mass is 16.4. The summed E-state index contributed by atoms with van der Waals surface area (Å²) in [6.45, 7) is 1.08. The highest BCUT2D eigenvalue weighted by Crippen LogP contribution is 2.02. The molecule has 1 amide bonds. The maximum atomic E-state index is 10.6. The summed E-state index contributed by atoms with van der Waals surface area (Å²) in [6, 6.07) is 6.25. The van der Waals surface area contributed by atoms with Gasteiger partial charge in [-0.25, -0.2) is 0 Å². The first kappa shape index (κ1) is 13.6. The molecule has 0 bridgehead atoms. The highest BCUT2D eigenvalue weighted by molar-refractivity contribution is 5.97. The van der Waals surface area contributed by atoms with Gasteiger partial charge >= 0.3 is 0 Å². The Hall–Kier alpha value is -2.37. The van der Waals surface area contributed by atoms with Crippen LogP contribution in [-0.4, -0.2) is 22.8 Å². The Kier molecular flexibility index (Phi) is 5.26. The van der Waals surface area contributed by atoms with Crippen molar-refractivity contribution >= 4 is 17.7 Å². The smallest absolute Gasteiger partial charge is 0.300 e. The third-order valence-corrected chi connectivity index (χ3v) is 1.48. The van der Waals surface area contributed by atoms with E-state index in [1.807, 2.05) is 0 Å². The predicted molar refractivity (Wildman–Crippen MR) is 59.3 cm³/mol. The van der Waals surface area contributed by atoms with E-state index in [2.05, 4.69) is 0 Å². The van der Waals surface area contributed by atoms with Crippen molar-refractivity contribution in [3.63, 3.8) is 0 Å². The molecule has 0 fully saturated rings. The summed E-state index contributed by atoms with van der Waals surface area (Å²) in [5, 5.41) is 14.5. The Morgan fingerprint density at radius 3 is 1.69 bits per heavy atom. The largest absolute Gasteiger partial charge is 0.481 e. The molecule has 0 atom stereocenters. The summed E-state index contributed by atoms with van der Waals surface area (Å²) in [5.74, 6) is -1.34. The van der Waals surface area contributed by atoms with Gasteiger partial charge in [0.1, 0.15) is 5.84 Å². The van der Waals surface area contributed by atoms with E-state index in [1.54, 1.807) is 24.3 Å². The molecule has 86 valence electrons.